The minimum Gasteiger partial charge on any atom is -0.337 e. The number of benzene rings is 1. The molecule has 3 rings (SSSR count). The molecule has 2 aromatic heterocycles. The molecule has 0 fully saturated rings. The molecule has 0 spiro atoms. The summed E-state index contributed by atoms with van der Waals surface area (Å²) in [5.74, 6) is 0. The normalized spacial score (nSPS) is 11.4. The van der Waals surface area contributed by atoms with E-state index in [1.54, 1.807) is 0 Å². The van der Waals surface area contributed by atoms with Gasteiger partial charge in [0.05, 0.1) is 5.52 Å². The lowest BCUT2D eigenvalue weighted by atomic mass is 10.1. The smallest absolute Gasteiger partial charge is 0.215 e. The Kier molecular flexibility index (Phi) is 1.85. The quantitative estimate of drug-likeness (QED) is 0.584. The molecule has 0 aliphatic carbocycles. The number of aryl methyl sites for hydroxylation is 2. The molecule has 0 atom stereocenters. The zero-order valence-corrected chi connectivity index (χ0v) is 9.77. The molecule has 1 aromatic carbocycles. The molecule has 0 aliphatic rings. The third-order valence-electron chi connectivity index (χ3n) is 2.80. The van der Waals surface area contributed by atoms with Crippen molar-refractivity contribution in [2.75, 3.05) is 0 Å². The molecule has 5 heteroatoms. The average molecular weight is 230 g/mol. The number of hydrogen-bond donors (Lipinski definition) is 2. The van der Waals surface area contributed by atoms with Crippen LogP contribution in [0.3, 0.4) is 0 Å². The number of fused-ring (bicyclic) bond motifs is 3. The summed E-state index contributed by atoms with van der Waals surface area (Å²) in [4.78, 5) is 7.50. The summed E-state index contributed by atoms with van der Waals surface area (Å²) >= 11 is 4.96. The fourth-order valence-electron chi connectivity index (χ4n) is 1.99. The number of rotatable bonds is 0. The van der Waals surface area contributed by atoms with Crippen molar-refractivity contribution >= 4 is 34.3 Å². The van der Waals surface area contributed by atoms with E-state index in [9.17, 15) is 0 Å². The first-order valence-electron chi connectivity index (χ1n) is 5.01. The van der Waals surface area contributed by atoms with Gasteiger partial charge in [-0.1, -0.05) is 12.1 Å². The molecule has 2 heterocycles. The van der Waals surface area contributed by atoms with Crippen molar-refractivity contribution in [1.82, 2.24) is 20.2 Å². The van der Waals surface area contributed by atoms with E-state index >= 15 is 0 Å². The SMILES string of the molecule is Cc1ccc(C)c2c1[nH]c1nc(=S)[nH]nc12. The second-order valence-corrected chi connectivity index (χ2v) is 4.30. The van der Waals surface area contributed by atoms with Gasteiger partial charge < -0.3 is 4.98 Å². The third kappa shape index (κ3) is 1.18. The van der Waals surface area contributed by atoms with Gasteiger partial charge in [-0.15, -0.1) is 0 Å². The summed E-state index contributed by atoms with van der Waals surface area (Å²) in [5.41, 5.74) is 5.06. The van der Waals surface area contributed by atoms with Gasteiger partial charge in [0, 0.05) is 5.39 Å². The predicted molar refractivity (Wildman–Crippen MR) is 66.1 cm³/mol. The maximum Gasteiger partial charge on any atom is 0.215 e. The van der Waals surface area contributed by atoms with Gasteiger partial charge in [0.15, 0.2) is 5.65 Å². The number of aromatic nitrogens is 4. The molecule has 0 unspecified atom stereocenters. The van der Waals surface area contributed by atoms with Gasteiger partial charge in [-0.3, -0.25) is 5.10 Å². The number of hydrogen-bond acceptors (Lipinski definition) is 3. The molecule has 80 valence electrons. The van der Waals surface area contributed by atoms with Crippen LogP contribution in [-0.2, 0) is 0 Å². The van der Waals surface area contributed by atoms with Crippen LogP contribution in [0, 0.1) is 18.6 Å². The summed E-state index contributed by atoms with van der Waals surface area (Å²) in [5, 5.41) is 8.10. The Morgan fingerprint density at radius 1 is 1.19 bits per heavy atom. The van der Waals surface area contributed by atoms with Crippen LogP contribution in [-0.4, -0.2) is 20.2 Å². The number of aromatic amines is 2. The summed E-state index contributed by atoms with van der Waals surface area (Å²) in [6.45, 7) is 4.13. The van der Waals surface area contributed by atoms with E-state index < -0.39 is 0 Å². The van der Waals surface area contributed by atoms with Crippen molar-refractivity contribution in [1.29, 1.82) is 0 Å². The zero-order valence-electron chi connectivity index (χ0n) is 8.96. The molecule has 2 N–H and O–H groups in total. The molecular weight excluding hydrogens is 220 g/mol. The standard InChI is InChI=1S/C11H10N4S/c1-5-3-4-6(2)8-7(5)9-10(12-8)13-11(16)15-14-9/h3-4H,1-2H3,(H2,12,13,15,16). The predicted octanol–water partition coefficient (Wildman–Crippen LogP) is 2.79. The van der Waals surface area contributed by atoms with E-state index in [4.69, 9.17) is 12.2 Å². The molecule has 0 saturated carbocycles. The zero-order chi connectivity index (χ0) is 11.3. The van der Waals surface area contributed by atoms with Crippen LogP contribution in [0.1, 0.15) is 11.1 Å². The number of nitrogens with zero attached hydrogens (tertiary/aromatic N) is 2. The van der Waals surface area contributed by atoms with Crippen LogP contribution >= 0.6 is 12.2 Å². The highest BCUT2D eigenvalue weighted by Crippen LogP contribution is 2.27. The highest BCUT2D eigenvalue weighted by atomic mass is 32.1. The molecule has 0 aliphatic heterocycles. The molecule has 3 aromatic rings. The Balaban J connectivity index is 2.65. The number of nitrogens with one attached hydrogen (secondary N) is 2. The van der Waals surface area contributed by atoms with Gasteiger partial charge in [-0.05, 0) is 37.2 Å². The Morgan fingerprint density at radius 2 is 1.94 bits per heavy atom. The van der Waals surface area contributed by atoms with Crippen LogP contribution in [0.5, 0.6) is 0 Å². The largest absolute Gasteiger partial charge is 0.337 e. The second-order valence-electron chi connectivity index (χ2n) is 3.91. The third-order valence-corrected chi connectivity index (χ3v) is 2.99. The highest BCUT2D eigenvalue weighted by Gasteiger charge is 2.10. The summed E-state index contributed by atoms with van der Waals surface area (Å²) in [6, 6.07) is 4.18. The van der Waals surface area contributed by atoms with E-state index in [-0.39, 0.29) is 0 Å². The Bertz CT molecular complexity index is 754. The van der Waals surface area contributed by atoms with E-state index in [2.05, 4.69) is 46.1 Å². The minimum atomic E-state index is 0.398. The van der Waals surface area contributed by atoms with Crippen molar-refractivity contribution in [2.45, 2.75) is 13.8 Å². The minimum absolute atomic E-state index is 0.398. The fourth-order valence-corrected chi connectivity index (χ4v) is 2.13. The van der Waals surface area contributed by atoms with Crippen LogP contribution in [0.15, 0.2) is 12.1 Å². The molecule has 16 heavy (non-hydrogen) atoms. The van der Waals surface area contributed by atoms with Gasteiger partial charge >= 0.3 is 0 Å². The van der Waals surface area contributed by atoms with Crippen LogP contribution in [0.4, 0.5) is 0 Å². The number of H-pyrrole nitrogens is 2. The van der Waals surface area contributed by atoms with Crippen molar-refractivity contribution in [2.24, 2.45) is 0 Å². The summed E-state index contributed by atoms with van der Waals surface area (Å²) in [7, 11) is 0. The van der Waals surface area contributed by atoms with Crippen molar-refractivity contribution < 1.29 is 0 Å². The van der Waals surface area contributed by atoms with E-state index in [1.165, 1.54) is 11.1 Å². The Labute approximate surface area is 96.7 Å². The van der Waals surface area contributed by atoms with Gasteiger partial charge in [0.25, 0.3) is 0 Å². The monoisotopic (exact) mass is 230 g/mol. The van der Waals surface area contributed by atoms with E-state index in [0.29, 0.717) is 4.77 Å². The van der Waals surface area contributed by atoms with Gasteiger partial charge in [-0.2, -0.15) is 10.1 Å². The molecular formula is C11H10N4S. The van der Waals surface area contributed by atoms with Gasteiger partial charge in [-0.25, -0.2) is 0 Å². The maximum absolute atomic E-state index is 4.96. The van der Waals surface area contributed by atoms with Crippen LogP contribution in [0.2, 0.25) is 0 Å². The molecule has 0 amide bonds. The lowest BCUT2D eigenvalue weighted by Crippen LogP contribution is -1.87. The van der Waals surface area contributed by atoms with Crippen molar-refractivity contribution in [3.63, 3.8) is 0 Å². The van der Waals surface area contributed by atoms with Crippen LogP contribution in [0.25, 0.3) is 22.1 Å². The summed E-state index contributed by atoms with van der Waals surface area (Å²) in [6.07, 6.45) is 0. The topological polar surface area (TPSA) is 57.4 Å². The molecule has 0 saturated heterocycles. The molecule has 0 radical (unpaired) electrons. The van der Waals surface area contributed by atoms with Crippen LogP contribution < -0.4 is 0 Å². The highest BCUT2D eigenvalue weighted by molar-refractivity contribution is 7.71. The molecule has 0 bridgehead atoms. The molecule has 4 nitrogen and oxygen atoms in total. The first-order chi connectivity index (χ1) is 7.66. The fraction of sp³-hybridized carbons (Fsp3) is 0.182. The second kappa shape index (κ2) is 3.12. The lowest BCUT2D eigenvalue weighted by molar-refractivity contribution is 0.999. The maximum atomic E-state index is 4.96. The van der Waals surface area contributed by atoms with E-state index in [1.807, 2.05) is 0 Å². The Hall–Kier alpha value is -1.75. The summed E-state index contributed by atoms with van der Waals surface area (Å²) < 4.78 is 0.398. The van der Waals surface area contributed by atoms with Crippen molar-refractivity contribution in [3.8, 4) is 0 Å². The average Bonchev–Trinajstić information content (AvgIpc) is 2.63. The lowest BCUT2D eigenvalue weighted by Gasteiger charge is -1.98. The van der Waals surface area contributed by atoms with Gasteiger partial charge in [0.2, 0.25) is 4.77 Å². The van der Waals surface area contributed by atoms with Crippen molar-refractivity contribution in [3.05, 3.63) is 28.0 Å². The first-order valence-corrected chi connectivity index (χ1v) is 5.42. The first kappa shape index (κ1) is 9.47. The Morgan fingerprint density at radius 3 is 2.75 bits per heavy atom. The van der Waals surface area contributed by atoms with E-state index in [0.717, 1.165) is 22.1 Å². The van der Waals surface area contributed by atoms with Gasteiger partial charge in [0.1, 0.15) is 5.52 Å².